The molecule has 0 spiro atoms. The summed E-state index contributed by atoms with van der Waals surface area (Å²) >= 11 is 0. The predicted molar refractivity (Wildman–Crippen MR) is 285 cm³/mol. The van der Waals surface area contributed by atoms with Gasteiger partial charge in [-0.1, -0.05) is 45.9 Å². The Hall–Kier alpha value is -7.69. The summed E-state index contributed by atoms with van der Waals surface area (Å²) in [6, 6.07) is 0.333. The van der Waals surface area contributed by atoms with Gasteiger partial charge < -0.3 is 58.9 Å². The van der Waals surface area contributed by atoms with Crippen LogP contribution in [-0.4, -0.2) is 142 Å². The van der Waals surface area contributed by atoms with Gasteiger partial charge in [-0.3, -0.25) is 33.8 Å². The first-order chi connectivity index (χ1) is 37.3. The molecule has 2 aromatic carbocycles. The molecule has 22 heteroatoms. The van der Waals surface area contributed by atoms with Gasteiger partial charge >= 0.3 is 17.7 Å². The number of anilines is 1. The van der Waals surface area contributed by atoms with E-state index in [9.17, 15) is 49.2 Å². The van der Waals surface area contributed by atoms with Gasteiger partial charge in [-0.05, 0) is 45.8 Å². The van der Waals surface area contributed by atoms with Crippen molar-refractivity contribution >= 4 is 58.0 Å². The van der Waals surface area contributed by atoms with Crippen LogP contribution in [0.3, 0.4) is 0 Å². The van der Waals surface area contributed by atoms with E-state index in [-0.39, 0.29) is 70.5 Å². The van der Waals surface area contributed by atoms with Crippen LogP contribution >= 0.6 is 0 Å². The number of aliphatic hydroxyl groups is 2. The van der Waals surface area contributed by atoms with Crippen molar-refractivity contribution in [2.45, 2.75) is 117 Å². The zero-order valence-electron chi connectivity index (χ0n) is 45.8. The number of aromatic carboxylic acids is 1. The van der Waals surface area contributed by atoms with Crippen LogP contribution in [0.1, 0.15) is 121 Å². The van der Waals surface area contributed by atoms with Crippen molar-refractivity contribution in [3.8, 4) is 17.2 Å². The summed E-state index contributed by atoms with van der Waals surface area (Å²) in [6.07, 6.45) is 6.66. The first kappa shape index (κ1) is 57.5. The molecule has 1 unspecified atom stereocenters. The second-order valence-electron chi connectivity index (χ2n) is 21.2. The molecule has 1 saturated heterocycles. The molecule has 2 fully saturated rings. The smallest absolute Gasteiger partial charge is 0.341 e. The first-order valence-electron chi connectivity index (χ1n) is 26.1. The zero-order valence-corrected chi connectivity index (χ0v) is 45.8. The summed E-state index contributed by atoms with van der Waals surface area (Å²) in [6.45, 7) is 14.1. The van der Waals surface area contributed by atoms with Crippen molar-refractivity contribution in [2.24, 2.45) is 28.8 Å². The SMILES string of the molecule is COc1c(N2CCN(/N=C/C3=C4NC(=O)/C(C)=C\C=C\[C@@H](C)[C@H](O)[C@@H](C)[C@H](O)[C@@H](C)[C@H](OC(C)=O)[C@H](C)[C@@H](OC)/C=C/O[C@@]5(C)Oc6c(C)c(O)c(c(c6C5=O)C3=O)C4=O)C(C)C2)c(F)cc2c(=O)c(C(=O)O)cn(C3CC3)c12. The Labute approximate surface area is 454 Å². The predicted octanol–water partition coefficient (Wildman–Crippen LogP) is 5.69. The van der Waals surface area contributed by atoms with Gasteiger partial charge in [-0.15, -0.1) is 0 Å². The standard InChI is InChI=1S/C57H66FN5O16/c1-25-13-12-14-26(2)55(72)60-42-35(22-59-63-19-18-61(23-27(63)3)44-37(58)21-34-43(53(44)76-11)62(33-15-16-33)24-36(48(34)68)56(73)74)49(69)39-40(50(42)70)47(67)31(7)52-41(39)54(71)57(9,79-52)77-20-17-38(75-10)28(4)51(78-32(8)64)30(6)46(66)29(5)45(25)65/h12-14,17,20-22,24-25,27-30,33,38,45-46,51,65-67H,15-16,18-19,23H2,1-11H3,(H,60,72)(H,73,74)/b13-12+,20-17+,26-14-,59-22+/t25-,27?,28-,29-,30-,38+,45+,46+,51-,57+/m1/s1. The number of carboxylic acid groups (broad SMARTS) is 1. The third-order valence-electron chi connectivity index (χ3n) is 15.8. The summed E-state index contributed by atoms with van der Waals surface area (Å²) in [5.41, 5.74) is -3.67. The number of methoxy groups -OCH3 is 2. The average Bonchev–Trinajstić information content (AvgIpc) is 4.33. The van der Waals surface area contributed by atoms with Crippen LogP contribution in [0.2, 0.25) is 0 Å². The second kappa shape index (κ2) is 22.2. The van der Waals surface area contributed by atoms with Crippen molar-refractivity contribution in [1.82, 2.24) is 14.9 Å². The van der Waals surface area contributed by atoms with E-state index in [1.807, 2.05) is 0 Å². The van der Waals surface area contributed by atoms with Gasteiger partial charge in [-0.25, -0.2) is 9.18 Å². The number of piperazine rings is 1. The van der Waals surface area contributed by atoms with E-state index in [4.69, 9.17) is 23.7 Å². The van der Waals surface area contributed by atoms with Gasteiger partial charge in [0.05, 0.1) is 83.7 Å². The van der Waals surface area contributed by atoms with Gasteiger partial charge in [0.1, 0.15) is 34.6 Å². The number of halogens is 1. The van der Waals surface area contributed by atoms with E-state index in [0.717, 1.165) is 18.5 Å². The highest BCUT2D eigenvalue weighted by Crippen LogP contribution is 2.49. The number of ether oxygens (including phenoxy) is 5. The molecule has 21 nitrogen and oxygen atoms in total. The van der Waals surface area contributed by atoms with Crippen molar-refractivity contribution in [3.05, 3.63) is 104 Å². The number of hydrogen-bond donors (Lipinski definition) is 5. The first-order valence-corrected chi connectivity index (χ1v) is 26.1. The Morgan fingerprint density at radius 2 is 1.63 bits per heavy atom. The number of nitrogens with zero attached hydrogens (tertiary/aromatic N) is 4. The van der Waals surface area contributed by atoms with Crippen LogP contribution in [0.15, 0.2) is 69.6 Å². The molecule has 5 N–H and O–H groups in total. The third-order valence-corrected chi connectivity index (χ3v) is 15.8. The number of pyridine rings is 1. The highest BCUT2D eigenvalue weighted by Gasteiger charge is 2.53. The number of esters is 1. The average molecular weight is 1100 g/mol. The number of nitrogens with one attached hydrogen (secondary N) is 1. The Bertz CT molecular complexity index is 3280. The van der Waals surface area contributed by atoms with Gasteiger partial charge in [0.15, 0.2) is 17.3 Å². The van der Waals surface area contributed by atoms with E-state index in [0.29, 0.717) is 12.8 Å². The van der Waals surface area contributed by atoms with Crippen molar-refractivity contribution < 1.29 is 77.3 Å². The van der Waals surface area contributed by atoms with E-state index >= 15 is 9.18 Å². The maximum Gasteiger partial charge on any atom is 0.341 e. The van der Waals surface area contributed by atoms with Crippen LogP contribution in [0.4, 0.5) is 10.1 Å². The van der Waals surface area contributed by atoms with Gasteiger partial charge in [-0.2, -0.15) is 5.10 Å². The number of fused-ring (bicyclic) bond motifs is 15. The lowest BCUT2D eigenvalue weighted by Gasteiger charge is -2.40. The molecular weight excluding hydrogens is 1030 g/mol. The number of phenolic OH excluding ortho intramolecular Hbond substituents is 1. The number of rotatable bonds is 8. The number of amides is 1. The van der Waals surface area contributed by atoms with Crippen LogP contribution in [0.5, 0.6) is 17.2 Å². The number of ketones is 3. The topological polar surface area (TPSA) is 282 Å². The number of phenols is 1. The molecule has 6 aliphatic rings. The molecule has 9 rings (SSSR count). The number of hydrazone groups is 1. The normalized spacial score (nSPS) is 29.5. The number of allylic oxidation sites excluding steroid dienone is 4. The van der Waals surface area contributed by atoms with Crippen LogP contribution < -0.4 is 25.1 Å². The van der Waals surface area contributed by atoms with E-state index in [1.54, 1.807) is 55.2 Å². The molecule has 3 aromatic rings. The summed E-state index contributed by atoms with van der Waals surface area (Å²) < 4.78 is 47.5. The van der Waals surface area contributed by atoms with Gasteiger partial charge in [0, 0.05) is 81.1 Å². The minimum atomic E-state index is -2.20. The highest BCUT2D eigenvalue weighted by atomic mass is 19.1. The quantitative estimate of drug-likeness (QED) is 0.134. The van der Waals surface area contributed by atoms with Crippen LogP contribution in [-0.2, 0) is 23.8 Å². The molecule has 2 aliphatic carbocycles. The summed E-state index contributed by atoms with van der Waals surface area (Å²) in [4.78, 5) is 98.4. The number of carbonyl (C=O) groups excluding carboxylic acids is 5. The fraction of sp³-hybridized carbons (Fsp3) is 0.474. The molecule has 4 aliphatic heterocycles. The second-order valence-corrected chi connectivity index (χ2v) is 21.2. The fourth-order valence-corrected chi connectivity index (χ4v) is 11.0. The van der Waals surface area contributed by atoms with E-state index in [1.165, 1.54) is 66.3 Å². The highest BCUT2D eigenvalue weighted by molar-refractivity contribution is 6.37. The van der Waals surface area contributed by atoms with Crippen molar-refractivity contribution in [2.75, 3.05) is 38.8 Å². The summed E-state index contributed by atoms with van der Waals surface area (Å²) in [5.74, 6) is -12.6. The Morgan fingerprint density at radius 1 is 0.937 bits per heavy atom. The lowest BCUT2D eigenvalue weighted by molar-refractivity contribution is -0.160. The zero-order chi connectivity index (χ0) is 57.8. The fourth-order valence-electron chi connectivity index (χ4n) is 11.0. The maximum atomic E-state index is 16.4. The van der Waals surface area contributed by atoms with Crippen molar-refractivity contribution in [3.63, 3.8) is 0 Å². The molecule has 1 amide bonds. The molecule has 79 heavy (non-hydrogen) atoms. The minimum absolute atomic E-state index is 0.0316. The van der Waals surface area contributed by atoms with E-state index < -0.39 is 140 Å². The number of aromatic nitrogens is 1. The molecular formula is C57H66FN5O16. The lowest BCUT2D eigenvalue weighted by atomic mass is 9.78. The number of carboxylic acids is 1. The molecule has 422 valence electrons. The third kappa shape index (κ3) is 10.4. The van der Waals surface area contributed by atoms with Crippen LogP contribution in [0, 0.1) is 36.4 Å². The van der Waals surface area contributed by atoms with Gasteiger partial charge in [0.25, 0.3) is 11.7 Å². The van der Waals surface area contributed by atoms with Crippen LogP contribution in [0.25, 0.3) is 10.9 Å². The van der Waals surface area contributed by atoms with Crippen molar-refractivity contribution in [1.29, 1.82) is 0 Å². The number of aromatic hydroxyl groups is 1. The Balaban J connectivity index is 1.18. The number of benzene rings is 2. The molecule has 5 bridgehead atoms. The Kier molecular flexibility index (Phi) is 16.2. The Morgan fingerprint density at radius 3 is 2.25 bits per heavy atom. The molecule has 1 saturated carbocycles. The molecule has 10 atom stereocenters. The maximum absolute atomic E-state index is 16.4. The number of aliphatic hydroxyl groups excluding tert-OH is 2. The summed E-state index contributed by atoms with van der Waals surface area (Å²) in [5, 5.41) is 53.3. The molecule has 5 heterocycles. The van der Waals surface area contributed by atoms with Gasteiger partial charge in [0.2, 0.25) is 11.2 Å². The number of carbonyl (C=O) groups is 6. The summed E-state index contributed by atoms with van der Waals surface area (Å²) in [7, 11) is 2.73. The minimum Gasteiger partial charge on any atom is -0.507 e. The molecule has 1 aromatic heterocycles. The molecule has 0 radical (unpaired) electrons. The number of Topliss-reactive ketones (excluding diaryl/α,β-unsaturated/α-hetero) is 3. The monoisotopic (exact) mass is 1100 g/mol. The van der Waals surface area contributed by atoms with E-state index in [2.05, 4.69) is 10.4 Å². The largest absolute Gasteiger partial charge is 0.507 e. The lowest BCUT2D eigenvalue weighted by Crippen LogP contribution is -2.50. The number of hydrogen-bond acceptors (Lipinski definition) is 18.